The lowest BCUT2D eigenvalue weighted by atomic mass is 9.93. The fourth-order valence-electron chi connectivity index (χ4n) is 1.35. The second-order valence-corrected chi connectivity index (χ2v) is 3.89. The quantitative estimate of drug-likeness (QED) is 0.347. The number of carbonyl (C=O) groups is 1. The standard InChI is InChI=1S/C10H23BN2O3/c1-2-3-4-5-6-7-8-12-10(14)13-9-11(15)16/h15-16H,2-9H2,1H3,(H2,12,13,14). The molecule has 0 fully saturated rings. The smallest absolute Gasteiger partial charge is 0.426 e. The number of nitrogens with one attached hydrogen (secondary N) is 2. The number of urea groups is 1. The third kappa shape index (κ3) is 11.3. The minimum atomic E-state index is -1.49. The highest BCUT2D eigenvalue weighted by atomic mass is 16.4. The van der Waals surface area contributed by atoms with E-state index in [0.29, 0.717) is 6.54 Å². The molecule has 0 rings (SSSR count). The molecule has 0 atom stereocenters. The van der Waals surface area contributed by atoms with Gasteiger partial charge in [-0.05, 0) is 6.42 Å². The van der Waals surface area contributed by atoms with Crippen molar-refractivity contribution < 1.29 is 14.8 Å². The predicted molar refractivity (Wildman–Crippen MR) is 65.0 cm³/mol. The van der Waals surface area contributed by atoms with E-state index in [0.717, 1.165) is 12.8 Å². The summed E-state index contributed by atoms with van der Waals surface area (Å²) in [5, 5.41) is 22.0. The van der Waals surface area contributed by atoms with Gasteiger partial charge in [-0.1, -0.05) is 39.0 Å². The Balaban J connectivity index is 3.15. The summed E-state index contributed by atoms with van der Waals surface area (Å²) in [5.41, 5.74) is 0. The molecule has 0 saturated carbocycles. The maximum absolute atomic E-state index is 11.0. The van der Waals surface area contributed by atoms with Crippen LogP contribution in [0.4, 0.5) is 4.79 Å². The van der Waals surface area contributed by atoms with Crippen LogP contribution in [0.5, 0.6) is 0 Å². The normalized spacial score (nSPS) is 9.94. The van der Waals surface area contributed by atoms with Crippen molar-refractivity contribution in [1.29, 1.82) is 0 Å². The van der Waals surface area contributed by atoms with Crippen molar-refractivity contribution in [2.75, 3.05) is 13.0 Å². The molecule has 0 bridgehead atoms. The van der Waals surface area contributed by atoms with Crippen LogP contribution in [0.15, 0.2) is 0 Å². The van der Waals surface area contributed by atoms with Gasteiger partial charge in [0.1, 0.15) is 0 Å². The van der Waals surface area contributed by atoms with Gasteiger partial charge in [-0.3, -0.25) is 0 Å². The zero-order valence-electron chi connectivity index (χ0n) is 10.0. The van der Waals surface area contributed by atoms with Gasteiger partial charge < -0.3 is 20.7 Å². The average molecular weight is 230 g/mol. The van der Waals surface area contributed by atoms with Gasteiger partial charge in [0.15, 0.2) is 0 Å². The molecule has 0 unspecified atom stereocenters. The largest absolute Gasteiger partial charge is 0.472 e. The Morgan fingerprint density at radius 3 is 2.31 bits per heavy atom. The first-order valence-electron chi connectivity index (χ1n) is 6.04. The number of unbranched alkanes of at least 4 members (excludes halogenated alkanes) is 5. The second-order valence-electron chi connectivity index (χ2n) is 3.89. The minimum absolute atomic E-state index is 0.137. The summed E-state index contributed by atoms with van der Waals surface area (Å²) >= 11 is 0. The van der Waals surface area contributed by atoms with Crippen LogP contribution in [0.2, 0.25) is 0 Å². The third-order valence-electron chi connectivity index (χ3n) is 2.26. The van der Waals surface area contributed by atoms with Gasteiger partial charge in [0.25, 0.3) is 0 Å². The summed E-state index contributed by atoms with van der Waals surface area (Å²) in [7, 11) is -1.49. The molecular weight excluding hydrogens is 207 g/mol. The maximum Gasteiger partial charge on any atom is 0.472 e. The lowest BCUT2D eigenvalue weighted by molar-refractivity contribution is 0.241. The van der Waals surface area contributed by atoms with E-state index >= 15 is 0 Å². The Hall–Kier alpha value is -0.745. The second kappa shape index (κ2) is 10.8. The van der Waals surface area contributed by atoms with Crippen molar-refractivity contribution in [3.8, 4) is 0 Å². The van der Waals surface area contributed by atoms with Crippen molar-refractivity contribution in [3.05, 3.63) is 0 Å². The van der Waals surface area contributed by atoms with Crippen molar-refractivity contribution in [1.82, 2.24) is 10.6 Å². The number of hydrogen-bond acceptors (Lipinski definition) is 3. The molecule has 0 aliphatic rings. The summed E-state index contributed by atoms with van der Waals surface area (Å²) < 4.78 is 0. The van der Waals surface area contributed by atoms with E-state index < -0.39 is 7.12 Å². The molecule has 4 N–H and O–H groups in total. The minimum Gasteiger partial charge on any atom is -0.426 e. The van der Waals surface area contributed by atoms with E-state index in [1.54, 1.807) is 0 Å². The van der Waals surface area contributed by atoms with Crippen LogP contribution in [-0.2, 0) is 0 Å². The number of hydrogen-bond donors (Lipinski definition) is 4. The van der Waals surface area contributed by atoms with E-state index in [2.05, 4.69) is 17.6 Å². The molecule has 0 spiro atoms. The average Bonchev–Trinajstić information content (AvgIpc) is 2.25. The SMILES string of the molecule is CCCCCCCCNC(=O)NCB(O)O. The van der Waals surface area contributed by atoms with Crippen molar-refractivity contribution in [2.45, 2.75) is 45.4 Å². The van der Waals surface area contributed by atoms with Crippen LogP contribution in [0.1, 0.15) is 45.4 Å². The van der Waals surface area contributed by atoms with Crippen LogP contribution in [0, 0.1) is 0 Å². The Morgan fingerprint density at radius 2 is 1.69 bits per heavy atom. The van der Waals surface area contributed by atoms with Gasteiger partial charge in [-0.25, -0.2) is 4.79 Å². The lowest BCUT2D eigenvalue weighted by Crippen LogP contribution is -2.41. The molecule has 0 aliphatic heterocycles. The summed E-state index contributed by atoms with van der Waals surface area (Å²) in [6, 6.07) is -0.346. The summed E-state index contributed by atoms with van der Waals surface area (Å²) in [6.07, 6.45) is 6.96. The summed E-state index contributed by atoms with van der Waals surface area (Å²) in [6.45, 7) is 2.82. The van der Waals surface area contributed by atoms with E-state index in [1.165, 1.54) is 25.7 Å². The molecule has 0 heterocycles. The van der Waals surface area contributed by atoms with Gasteiger partial charge in [-0.15, -0.1) is 0 Å². The maximum atomic E-state index is 11.0. The molecule has 0 radical (unpaired) electrons. The third-order valence-corrected chi connectivity index (χ3v) is 2.26. The number of amides is 2. The van der Waals surface area contributed by atoms with Gasteiger partial charge in [0, 0.05) is 6.54 Å². The fraction of sp³-hybridized carbons (Fsp3) is 0.900. The predicted octanol–water partition coefficient (Wildman–Crippen LogP) is 0.658. The zero-order valence-corrected chi connectivity index (χ0v) is 10.0. The van der Waals surface area contributed by atoms with Crippen molar-refractivity contribution in [2.24, 2.45) is 0 Å². The number of rotatable bonds is 9. The Labute approximate surface area is 97.8 Å². The van der Waals surface area contributed by atoms with E-state index in [9.17, 15) is 4.79 Å². The highest BCUT2D eigenvalue weighted by Crippen LogP contribution is 2.03. The molecule has 94 valence electrons. The molecule has 5 nitrogen and oxygen atoms in total. The first-order valence-corrected chi connectivity index (χ1v) is 6.04. The van der Waals surface area contributed by atoms with Crippen molar-refractivity contribution in [3.63, 3.8) is 0 Å². The van der Waals surface area contributed by atoms with Crippen molar-refractivity contribution >= 4 is 13.1 Å². The highest BCUT2D eigenvalue weighted by Gasteiger charge is 2.07. The fourth-order valence-corrected chi connectivity index (χ4v) is 1.35. The van der Waals surface area contributed by atoms with Gasteiger partial charge in [0.2, 0.25) is 0 Å². The molecule has 6 heteroatoms. The van der Waals surface area contributed by atoms with Gasteiger partial charge in [-0.2, -0.15) is 0 Å². The highest BCUT2D eigenvalue weighted by molar-refractivity contribution is 6.41. The van der Waals surface area contributed by atoms with Crippen LogP contribution < -0.4 is 10.6 Å². The Bertz CT molecular complexity index is 179. The van der Waals surface area contributed by atoms with E-state index in [4.69, 9.17) is 10.0 Å². The molecule has 16 heavy (non-hydrogen) atoms. The van der Waals surface area contributed by atoms with Crippen LogP contribution in [0.25, 0.3) is 0 Å². The van der Waals surface area contributed by atoms with Crippen LogP contribution in [-0.4, -0.2) is 36.2 Å². The molecule has 0 aromatic rings. The lowest BCUT2D eigenvalue weighted by Gasteiger charge is -2.06. The Morgan fingerprint density at radius 1 is 1.06 bits per heavy atom. The van der Waals surface area contributed by atoms with Gasteiger partial charge >= 0.3 is 13.1 Å². The van der Waals surface area contributed by atoms with Crippen LogP contribution in [0.3, 0.4) is 0 Å². The molecule has 0 aromatic carbocycles. The number of carbonyl (C=O) groups excluding carboxylic acids is 1. The van der Waals surface area contributed by atoms with Crippen LogP contribution >= 0.6 is 0 Å². The molecule has 0 aromatic heterocycles. The summed E-state index contributed by atoms with van der Waals surface area (Å²) in [5.74, 6) is 0. The molecule has 2 amide bonds. The molecule has 0 saturated heterocycles. The first-order chi connectivity index (χ1) is 7.66. The zero-order chi connectivity index (χ0) is 12.2. The molecular formula is C10H23BN2O3. The summed E-state index contributed by atoms with van der Waals surface area (Å²) in [4.78, 5) is 11.0. The Kier molecular flexibility index (Phi) is 10.3. The monoisotopic (exact) mass is 230 g/mol. The van der Waals surface area contributed by atoms with Gasteiger partial charge in [0.05, 0.1) is 6.44 Å². The van der Waals surface area contributed by atoms with E-state index in [1.807, 2.05) is 0 Å². The van der Waals surface area contributed by atoms with E-state index in [-0.39, 0.29) is 12.5 Å². The molecule has 0 aliphatic carbocycles. The first kappa shape index (κ1) is 15.3. The topological polar surface area (TPSA) is 81.6 Å².